The van der Waals surface area contributed by atoms with Gasteiger partial charge in [0.05, 0.1) is 0 Å². The summed E-state index contributed by atoms with van der Waals surface area (Å²) in [6.45, 7) is 1.04. The van der Waals surface area contributed by atoms with Crippen molar-refractivity contribution in [2.75, 3.05) is 20.1 Å². The van der Waals surface area contributed by atoms with Crippen LogP contribution in [0.2, 0.25) is 5.02 Å². The van der Waals surface area contributed by atoms with Crippen molar-refractivity contribution in [2.45, 2.75) is 23.9 Å². The van der Waals surface area contributed by atoms with Crippen LogP contribution in [0.5, 0.6) is 0 Å². The van der Waals surface area contributed by atoms with Gasteiger partial charge in [0.1, 0.15) is 5.01 Å². The Labute approximate surface area is 157 Å². The highest BCUT2D eigenvalue weighted by molar-refractivity contribution is 7.89. The first-order chi connectivity index (χ1) is 11.0. The second-order valence-electron chi connectivity index (χ2n) is 5.49. The summed E-state index contributed by atoms with van der Waals surface area (Å²) in [5.41, 5.74) is 0.868. The molecule has 1 aliphatic rings. The smallest absolute Gasteiger partial charge is 0.261 e. The summed E-state index contributed by atoms with van der Waals surface area (Å²) in [4.78, 5) is 4.33. The van der Waals surface area contributed by atoms with Gasteiger partial charge in [-0.2, -0.15) is 4.31 Å². The average Bonchev–Trinajstić information content (AvgIpc) is 3.06. The molecule has 1 atom stereocenters. The fourth-order valence-electron chi connectivity index (χ4n) is 2.63. The summed E-state index contributed by atoms with van der Waals surface area (Å²) in [6.07, 6.45) is 1.86. The van der Waals surface area contributed by atoms with Gasteiger partial charge >= 0.3 is 0 Å². The fourth-order valence-corrected chi connectivity index (χ4v) is 5.35. The molecule has 0 spiro atoms. The van der Waals surface area contributed by atoms with Gasteiger partial charge < -0.3 is 5.32 Å². The van der Waals surface area contributed by atoms with Crippen LogP contribution in [0.3, 0.4) is 0 Å². The van der Waals surface area contributed by atoms with E-state index in [9.17, 15) is 8.42 Å². The number of aromatic nitrogens is 1. The molecule has 1 N–H and O–H groups in total. The molecule has 2 aromatic rings. The lowest BCUT2D eigenvalue weighted by atomic mass is 10.1. The lowest BCUT2D eigenvalue weighted by molar-refractivity contribution is 0.292. The highest BCUT2D eigenvalue weighted by atomic mass is 35.5. The molecule has 1 unspecified atom stereocenters. The minimum Gasteiger partial charge on any atom is -0.316 e. The maximum absolute atomic E-state index is 12.8. The monoisotopic (exact) mass is 407 g/mol. The van der Waals surface area contributed by atoms with Crippen molar-refractivity contribution >= 4 is 45.4 Å². The SMILES string of the molecule is CNC1CCCN(S(=O)(=O)c2csc(-c3ccc(Cl)cc3)n2)C1.Cl. The van der Waals surface area contributed by atoms with E-state index < -0.39 is 10.0 Å². The molecule has 5 nitrogen and oxygen atoms in total. The molecule has 1 aliphatic heterocycles. The summed E-state index contributed by atoms with van der Waals surface area (Å²) in [6, 6.07) is 7.43. The van der Waals surface area contributed by atoms with E-state index >= 15 is 0 Å². The Kier molecular flexibility index (Phi) is 6.64. The summed E-state index contributed by atoms with van der Waals surface area (Å²) in [7, 11) is -1.67. The van der Waals surface area contributed by atoms with Crippen molar-refractivity contribution in [3.05, 3.63) is 34.7 Å². The second-order valence-corrected chi connectivity index (χ2v) is 8.67. The Morgan fingerprint density at radius 3 is 2.71 bits per heavy atom. The lowest BCUT2D eigenvalue weighted by Crippen LogP contribution is -2.46. The zero-order valence-corrected chi connectivity index (χ0v) is 16.3. The maximum Gasteiger partial charge on any atom is 0.261 e. The Hall–Kier alpha value is -0.700. The summed E-state index contributed by atoms with van der Waals surface area (Å²) >= 11 is 7.21. The van der Waals surface area contributed by atoms with Gasteiger partial charge in [-0.25, -0.2) is 13.4 Å². The summed E-state index contributed by atoms with van der Waals surface area (Å²) in [5, 5.41) is 6.23. The molecule has 132 valence electrons. The van der Waals surface area contributed by atoms with E-state index in [2.05, 4.69) is 10.3 Å². The third kappa shape index (κ3) is 4.09. The fraction of sp³-hybridized carbons (Fsp3) is 0.400. The number of hydrogen-bond acceptors (Lipinski definition) is 5. The number of nitrogens with one attached hydrogen (secondary N) is 1. The Morgan fingerprint density at radius 1 is 1.33 bits per heavy atom. The Balaban J connectivity index is 0.00000208. The standard InChI is InChI=1S/C15H18ClN3O2S2.ClH/c1-17-13-3-2-8-19(9-13)23(20,21)14-10-22-15(18-14)11-4-6-12(16)7-5-11;/h4-7,10,13,17H,2-3,8-9H2,1H3;1H. The van der Waals surface area contributed by atoms with Crippen molar-refractivity contribution in [1.82, 2.24) is 14.6 Å². The minimum absolute atomic E-state index is 0. The molecular formula is C15H19Cl2N3O2S2. The Morgan fingerprint density at radius 2 is 2.04 bits per heavy atom. The van der Waals surface area contributed by atoms with Crippen molar-refractivity contribution in [2.24, 2.45) is 0 Å². The van der Waals surface area contributed by atoms with Crippen molar-refractivity contribution < 1.29 is 8.42 Å². The van der Waals surface area contributed by atoms with E-state index in [0.29, 0.717) is 23.1 Å². The van der Waals surface area contributed by atoms with Crippen molar-refractivity contribution in [3.63, 3.8) is 0 Å². The van der Waals surface area contributed by atoms with Crippen LogP contribution in [0.4, 0.5) is 0 Å². The third-order valence-electron chi connectivity index (χ3n) is 3.97. The van der Waals surface area contributed by atoms with Crippen molar-refractivity contribution in [3.8, 4) is 10.6 Å². The number of rotatable bonds is 4. The summed E-state index contributed by atoms with van der Waals surface area (Å²) < 4.78 is 27.1. The van der Waals surface area contributed by atoms with Gasteiger partial charge in [0.15, 0.2) is 5.03 Å². The van der Waals surface area contributed by atoms with E-state index in [1.807, 2.05) is 19.2 Å². The molecule has 2 heterocycles. The number of benzene rings is 1. The van der Waals surface area contributed by atoms with Crippen molar-refractivity contribution in [1.29, 1.82) is 0 Å². The normalized spacial score (nSPS) is 19.0. The second kappa shape index (κ2) is 8.12. The number of likely N-dealkylation sites (N-methyl/N-ethyl adjacent to an activating group) is 1. The molecule has 3 rings (SSSR count). The van der Waals surface area contributed by atoms with E-state index in [-0.39, 0.29) is 23.5 Å². The lowest BCUT2D eigenvalue weighted by Gasteiger charge is -2.31. The predicted octanol–water partition coefficient (Wildman–Crippen LogP) is 3.26. The van der Waals surface area contributed by atoms with Crippen LogP contribution in [0, 0.1) is 0 Å². The van der Waals surface area contributed by atoms with Gasteiger partial charge in [-0.05, 0) is 32.0 Å². The van der Waals surface area contributed by atoms with Gasteiger partial charge in [0.25, 0.3) is 10.0 Å². The zero-order chi connectivity index (χ0) is 16.4. The molecule has 0 amide bonds. The first-order valence-electron chi connectivity index (χ1n) is 7.39. The van der Waals surface area contributed by atoms with Gasteiger partial charge in [-0.3, -0.25) is 0 Å². The molecular weight excluding hydrogens is 389 g/mol. The molecule has 1 aromatic carbocycles. The molecule has 0 saturated carbocycles. The van der Waals surface area contributed by atoms with Gasteiger partial charge in [-0.15, -0.1) is 23.7 Å². The van der Waals surface area contributed by atoms with Crippen LogP contribution < -0.4 is 5.32 Å². The van der Waals surface area contributed by atoms with E-state index in [4.69, 9.17) is 11.6 Å². The first kappa shape index (κ1) is 19.6. The summed E-state index contributed by atoms with van der Waals surface area (Å²) in [5.74, 6) is 0. The van der Waals surface area contributed by atoms with E-state index in [1.54, 1.807) is 17.5 Å². The van der Waals surface area contributed by atoms with Crippen LogP contribution in [-0.2, 0) is 10.0 Å². The maximum atomic E-state index is 12.8. The van der Waals surface area contributed by atoms with E-state index in [0.717, 1.165) is 18.4 Å². The minimum atomic E-state index is -3.53. The molecule has 0 aliphatic carbocycles. The molecule has 24 heavy (non-hydrogen) atoms. The van der Waals surface area contributed by atoms with Gasteiger partial charge in [0.2, 0.25) is 0 Å². The van der Waals surface area contributed by atoms with E-state index in [1.165, 1.54) is 15.6 Å². The number of hydrogen-bond donors (Lipinski definition) is 1. The Bertz CT molecular complexity index is 778. The molecule has 1 fully saturated rings. The number of sulfonamides is 1. The molecule has 9 heteroatoms. The average molecular weight is 408 g/mol. The van der Waals surface area contributed by atoms with Crippen LogP contribution in [0.15, 0.2) is 34.7 Å². The topological polar surface area (TPSA) is 62.3 Å². The molecule has 1 saturated heterocycles. The van der Waals surface area contributed by atoms with Gasteiger partial charge in [-0.1, -0.05) is 23.7 Å². The van der Waals surface area contributed by atoms with Gasteiger partial charge in [0, 0.05) is 35.1 Å². The molecule has 1 aromatic heterocycles. The third-order valence-corrected chi connectivity index (χ3v) is 7.01. The van der Waals surface area contributed by atoms with Crippen LogP contribution in [0.1, 0.15) is 12.8 Å². The van der Waals surface area contributed by atoms with Crippen LogP contribution in [0.25, 0.3) is 10.6 Å². The predicted molar refractivity (Wildman–Crippen MR) is 101 cm³/mol. The number of nitrogens with zero attached hydrogens (tertiary/aromatic N) is 2. The number of piperidine rings is 1. The van der Waals surface area contributed by atoms with Crippen LogP contribution in [-0.4, -0.2) is 43.9 Å². The highest BCUT2D eigenvalue weighted by Gasteiger charge is 2.31. The zero-order valence-electron chi connectivity index (χ0n) is 13.1. The molecule has 0 bridgehead atoms. The number of halogens is 2. The first-order valence-corrected chi connectivity index (χ1v) is 10.1. The quantitative estimate of drug-likeness (QED) is 0.844. The number of thiazole rings is 1. The highest BCUT2D eigenvalue weighted by Crippen LogP contribution is 2.29. The van der Waals surface area contributed by atoms with Crippen LogP contribution >= 0.6 is 35.3 Å². The largest absolute Gasteiger partial charge is 0.316 e. The molecule has 0 radical (unpaired) electrons.